The highest BCUT2D eigenvalue weighted by molar-refractivity contribution is 5.85. The molecule has 0 amide bonds. The zero-order valence-electron chi connectivity index (χ0n) is 12.9. The minimum atomic E-state index is -0.958. The van der Waals surface area contributed by atoms with Crippen molar-refractivity contribution in [1.82, 2.24) is 24.6 Å². The topological polar surface area (TPSA) is 85.0 Å². The number of nitrogens with zero attached hydrogens (tertiary/aromatic N) is 4. The fraction of sp³-hybridized carbons (Fsp3) is 0.533. The van der Waals surface area contributed by atoms with Crippen LogP contribution in [0.4, 0.5) is 0 Å². The standard InChI is InChI=1S/C15H21N5O2/c1-19-13(15(21)22)8-17-14(19)9-16-7-12-11(6-18-20(12)2)10-4-3-5-10/h6,8,10,16H,3-5,7,9H2,1-2H3,(H,21,22). The van der Waals surface area contributed by atoms with Crippen molar-refractivity contribution >= 4 is 5.97 Å². The molecule has 2 aromatic heterocycles. The number of imidazole rings is 1. The minimum Gasteiger partial charge on any atom is -0.477 e. The van der Waals surface area contributed by atoms with Crippen LogP contribution in [0.15, 0.2) is 12.4 Å². The Balaban J connectivity index is 1.64. The molecule has 0 atom stereocenters. The van der Waals surface area contributed by atoms with Crippen LogP contribution >= 0.6 is 0 Å². The van der Waals surface area contributed by atoms with Crippen LogP contribution in [0.25, 0.3) is 0 Å². The number of nitrogens with one attached hydrogen (secondary N) is 1. The molecule has 2 N–H and O–H groups in total. The molecular weight excluding hydrogens is 282 g/mol. The van der Waals surface area contributed by atoms with E-state index >= 15 is 0 Å². The molecule has 2 aromatic rings. The Morgan fingerprint density at radius 1 is 1.36 bits per heavy atom. The van der Waals surface area contributed by atoms with Gasteiger partial charge in [-0.1, -0.05) is 6.42 Å². The normalized spacial score (nSPS) is 15.0. The Bertz CT molecular complexity index is 684. The average Bonchev–Trinajstić information content (AvgIpc) is 2.94. The molecule has 2 heterocycles. The molecule has 118 valence electrons. The lowest BCUT2D eigenvalue weighted by molar-refractivity contribution is 0.0686. The molecule has 0 aliphatic heterocycles. The van der Waals surface area contributed by atoms with Gasteiger partial charge in [-0.05, 0) is 24.3 Å². The molecule has 1 fully saturated rings. The van der Waals surface area contributed by atoms with Crippen LogP contribution in [0.5, 0.6) is 0 Å². The fourth-order valence-corrected chi connectivity index (χ4v) is 2.86. The first-order valence-electron chi connectivity index (χ1n) is 7.53. The van der Waals surface area contributed by atoms with Crippen LogP contribution in [-0.4, -0.2) is 30.4 Å². The monoisotopic (exact) mass is 303 g/mol. The Hall–Kier alpha value is -2.15. The number of rotatable bonds is 6. The van der Waals surface area contributed by atoms with E-state index in [0.29, 0.717) is 24.8 Å². The number of aromatic nitrogens is 4. The molecule has 0 spiro atoms. The Morgan fingerprint density at radius 2 is 2.14 bits per heavy atom. The van der Waals surface area contributed by atoms with Gasteiger partial charge in [0.05, 0.1) is 24.6 Å². The number of aryl methyl sites for hydroxylation is 1. The number of carbonyl (C=O) groups is 1. The second-order valence-electron chi connectivity index (χ2n) is 5.83. The Kier molecular flexibility index (Phi) is 3.98. The molecule has 1 aliphatic rings. The van der Waals surface area contributed by atoms with Crippen molar-refractivity contribution in [3.8, 4) is 0 Å². The van der Waals surface area contributed by atoms with Gasteiger partial charge in [0.25, 0.3) is 0 Å². The summed E-state index contributed by atoms with van der Waals surface area (Å²) in [4.78, 5) is 15.2. The number of carboxylic acids is 1. The fourth-order valence-electron chi connectivity index (χ4n) is 2.86. The summed E-state index contributed by atoms with van der Waals surface area (Å²) in [6.45, 7) is 1.23. The zero-order chi connectivity index (χ0) is 15.7. The van der Waals surface area contributed by atoms with E-state index in [4.69, 9.17) is 5.11 Å². The van der Waals surface area contributed by atoms with Crippen molar-refractivity contribution in [3.63, 3.8) is 0 Å². The van der Waals surface area contributed by atoms with Crippen molar-refractivity contribution < 1.29 is 9.90 Å². The molecule has 7 nitrogen and oxygen atoms in total. The molecule has 0 bridgehead atoms. The number of aromatic carboxylic acids is 1. The highest BCUT2D eigenvalue weighted by Crippen LogP contribution is 2.37. The smallest absolute Gasteiger partial charge is 0.354 e. The number of carboxylic acid groups (broad SMARTS) is 1. The minimum absolute atomic E-state index is 0.201. The molecule has 7 heteroatoms. The summed E-state index contributed by atoms with van der Waals surface area (Å²) in [7, 11) is 3.68. The van der Waals surface area contributed by atoms with Crippen LogP contribution < -0.4 is 5.32 Å². The van der Waals surface area contributed by atoms with Crippen molar-refractivity contribution in [1.29, 1.82) is 0 Å². The second-order valence-corrected chi connectivity index (χ2v) is 5.83. The lowest BCUT2D eigenvalue weighted by atomic mass is 9.80. The molecule has 0 aromatic carbocycles. The third-order valence-corrected chi connectivity index (χ3v) is 4.52. The molecule has 3 rings (SSSR count). The van der Waals surface area contributed by atoms with E-state index in [1.807, 2.05) is 17.9 Å². The predicted octanol–water partition coefficient (Wildman–Crippen LogP) is 1.41. The third-order valence-electron chi connectivity index (χ3n) is 4.52. The van der Waals surface area contributed by atoms with Crippen molar-refractivity contribution in [2.24, 2.45) is 14.1 Å². The Morgan fingerprint density at radius 3 is 2.73 bits per heavy atom. The zero-order valence-corrected chi connectivity index (χ0v) is 12.9. The van der Waals surface area contributed by atoms with Gasteiger partial charge in [-0.25, -0.2) is 9.78 Å². The van der Waals surface area contributed by atoms with Crippen LogP contribution in [0.2, 0.25) is 0 Å². The van der Waals surface area contributed by atoms with E-state index in [1.54, 1.807) is 11.6 Å². The maximum absolute atomic E-state index is 11.0. The predicted molar refractivity (Wildman–Crippen MR) is 80.5 cm³/mol. The van der Waals surface area contributed by atoms with Crippen molar-refractivity contribution in [3.05, 3.63) is 35.2 Å². The molecule has 1 saturated carbocycles. The van der Waals surface area contributed by atoms with E-state index in [-0.39, 0.29) is 5.69 Å². The first kappa shape index (κ1) is 14.8. The van der Waals surface area contributed by atoms with Gasteiger partial charge in [0.2, 0.25) is 0 Å². The van der Waals surface area contributed by atoms with E-state index in [2.05, 4.69) is 15.4 Å². The Labute approximate surface area is 129 Å². The summed E-state index contributed by atoms with van der Waals surface area (Å²) in [6.07, 6.45) is 7.17. The lowest BCUT2D eigenvalue weighted by Crippen LogP contribution is -2.20. The number of hydrogen-bond donors (Lipinski definition) is 2. The van der Waals surface area contributed by atoms with Crippen LogP contribution in [0.3, 0.4) is 0 Å². The highest BCUT2D eigenvalue weighted by atomic mass is 16.4. The largest absolute Gasteiger partial charge is 0.477 e. The number of hydrogen-bond acceptors (Lipinski definition) is 4. The van der Waals surface area contributed by atoms with Gasteiger partial charge in [0.15, 0.2) is 0 Å². The molecule has 0 unspecified atom stereocenters. The van der Waals surface area contributed by atoms with Crippen molar-refractivity contribution in [2.45, 2.75) is 38.3 Å². The van der Waals surface area contributed by atoms with Crippen molar-refractivity contribution in [2.75, 3.05) is 0 Å². The van der Waals surface area contributed by atoms with Gasteiger partial charge in [-0.15, -0.1) is 0 Å². The van der Waals surface area contributed by atoms with E-state index < -0.39 is 5.97 Å². The molecule has 1 aliphatic carbocycles. The summed E-state index contributed by atoms with van der Waals surface area (Å²) < 4.78 is 3.52. The third kappa shape index (κ3) is 2.64. The molecular formula is C15H21N5O2. The second kappa shape index (κ2) is 5.92. The first-order valence-corrected chi connectivity index (χ1v) is 7.53. The van der Waals surface area contributed by atoms with E-state index in [9.17, 15) is 4.79 Å². The molecule has 0 saturated heterocycles. The molecule has 0 radical (unpaired) electrons. The summed E-state index contributed by atoms with van der Waals surface area (Å²) in [5, 5.41) is 16.7. The van der Waals surface area contributed by atoms with Crippen LogP contribution in [0.1, 0.15) is 52.8 Å². The summed E-state index contributed by atoms with van der Waals surface area (Å²) in [5.74, 6) is 0.405. The lowest BCUT2D eigenvalue weighted by Gasteiger charge is -2.25. The van der Waals surface area contributed by atoms with E-state index in [1.165, 1.54) is 36.7 Å². The SMILES string of the molecule is Cn1ncc(C2CCC2)c1CNCc1ncc(C(=O)O)n1C. The van der Waals surface area contributed by atoms with Gasteiger partial charge >= 0.3 is 5.97 Å². The van der Waals surface area contributed by atoms with Gasteiger partial charge in [-0.2, -0.15) is 5.10 Å². The van der Waals surface area contributed by atoms with E-state index in [0.717, 1.165) is 0 Å². The van der Waals surface area contributed by atoms with Gasteiger partial charge in [-0.3, -0.25) is 4.68 Å². The molecule has 22 heavy (non-hydrogen) atoms. The van der Waals surface area contributed by atoms with Gasteiger partial charge in [0.1, 0.15) is 11.5 Å². The average molecular weight is 303 g/mol. The van der Waals surface area contributed by atoms with Crippen LogP contribution in [0, 0.1) is 0 Å². The maximum Gasteiger partial charge on any atom is 0.354 e. The summed E-state index contributed by atoms with van der Waals surface area (Å²) in [5.41, 5.74) is 2.75. The van der Waals surface area contributed by atoms with Gasteiger partial charge < -0.3 is 15.0 Å². The maximum atomic E-state index is 11.0. The van der Waals surface area contributed by atoms with Gasteiger partial charge in [0, 0.05) is 20.6 Å². The quantitative estimate of drug-likeness (QED) is 0.843. The van der Waals surface area contributed by atoms with Crippen LogP contribution in [-0.2, 0) is 27.2 Å². The summed E-state index contributed by atoms with van der Waals surface area (Å²) in [6, 6.07) is 0. The summed E-state index contributed by atoms with van der Waals surface area (Å²) >= 11 is 0. The first-order chi connectivity index (χ1) is 10.6. The highest BCUT2D eigenvalue weighted by Gasteiger charge is 2.24.